The second-order valence-electron chi connectivity index (χ2n) is 6.20. The second-order valence-corrected chi connectivity index (χ2v) is 6.20. The summed E-state index contributed by atoms with van der Waals surface area (Å²) >= 11 is 0. The van der Waals surface area contributed by atoms with Gasteiger partial charge in [-0.3, -0.25) is 0 Å². The van der Waals surface area contributed by atoms with Crippen LogP contribution < -0.4 is 14.8 Å². The molecule has 21 heavy (non-hydrogen) atoms. The molecule has 2 unspecified atom stereocenters. The maximum absolute atomic E-state index is 10.2. The molecule has 1 aromatic carbocycles. The molecule has 0 amide bonds. The van der Waals surface area contributed by atoms with Crippen LogP contribution in [-0.2, 0) is 6.54 Å². The van der Waals surface area contributed by atoms with Crippen LogP contribution in [0.1, 0.15) is 38.2 Å². The zero-order valence-corrected chi connectivity index (χ0v) is 13.3. The van der Waals surface area contributed by atoms with Gasteiger partial charge in [0.15, 0.2) is 0 Å². The first-order valence-corrected chi connectivity index (χ1v) is 7.69. The molecule has 1 saturated carbocycles. The van der Waals surface area contributed by atoms with Gasteiger partial charge in [-0.05, 0) is 31.0 Å². The van der Waals surface area contributed by atoms with Gasteiger partial charge in [0.2, 0.25) is 0 Å². The Hall–Kier alpha value is -1.26. The summed E-state index contributed by atoms with van der Waals surface area (Å²) < 4.78 is 10.7. The lowest BCUT2D eigenvalue weighted by Crippen LogP contribution is -2.43. The molecule has 1 fully saturated rings. The molecule has 0 bridgehead atoms. The van der Waals surface area contributed by atoms with Gasteiger partial charge in [0, 0.05) is 24.1 Å². The Bertz CT molecular complexity index is 463. The van der Waals surface area contributed by atoms with Gasteiger partial charge in [0.1, 0.15) is 11.5 Å². The third kappa shape index (κ3) is 3.89. The van der Waals surface area contributed by atoms with Gasteiger partial charge < -0.3 is 19.9 Å². The third-order valence-corrected chi connectivity index (χ3v) is 4.61. The quantitative estimate of drug-likeness (QED) is 0.847. The van der Waals surface area contributed by atoms with Crippen molar-refractivity contribution in [2.75, 3.05) is 20.8 Å². The van der Waals surface area contributed by atoms with E-state index in [9.17, 15) is 5.11 Å². The smallest absolute Gasteiger partial charge is 0.123 e. The zero-order valence-electron chi connectivity index (χ0n) is 13.3. The molecule has 4 nitrogen and oxygen atoms in total. The molecule has 2 atom stereocenters. The van der Waals surface area contributed by atoms with Gasteiger partial charge in [0.25, 0.3) is 0 Å². The normalized spacial score (nSPS) is 25.6. The van der Waals surface area contributed by atoms with Gasteiger partial charge >= 0.3 is 0 Å². The van der Waals surface area contributed by atoms with Gasteiger partial charge in [-0.2, -0.15) is 0 Å². The van der Waals surface area contributed by atoms with Crippen LogP contribution in [0.25, 0.3) is 0 Å². The minimum absolute atomic E-state index is 0.0235. The van der Waals surface area contributed by atoms with Crippen LogP contribution in [0, 0.1) is 5.41 Å². The van der Waals surface area contributed by atoms with E-state index in [1.165, 1.54) is 6.42 Å². The summed E-state index contributed by atoms with van der Waals surface area (Å²) in [7, 11) is 3.34. The first-order valence-electron chi connectivity index (χ1n) is 7.69. The molecule has 1 aromatic rings. The molecule has 1 aliphatic carbocycles. The van der Waals surface area contributed by atoms with E-state index >= 15 is 0 Å². The van der Waals surface area contributed by atoms with Crippen LogP contribution in [0.3, 0.4) is 0 Å². The van der Waals surface area contributed by atoms with E-state index in [2.05, 4.69) is 12.2 Å². The Morgan fingerprint density at radius 3 is 2.76 bits per heavy atom. The lowest BCUT2D eigenvalue weighted by atomic mass is 9.73. The summed E-state index contributed by atoms with van der Waals surface area (Å²) in [6.07, 6.45) is 4.14. The largest absolute Gasteiger partial charge is 0.497 e. The first kappa shape index (κ1) is 16.1. The number of aliphatic hydroxyl groups excluding tert-OH is 1. The SMILES string of the molecule is COc1ccc(OC)c(CNCC2(C)CCCCC2O)c1. The van der Waals surface area contributed by atoms with E-state index in [4.69, 9.17) is 9.47 Å². The van der Waals surface area contributed by atoms with Crippen molar-refractivity contribution in [1.82, 2.24) is 5.32 Å². The summed E-state index contributed by atoms with van der Waals surface area (Å²) in [5, 5.41) is 13.7. The summed E-state index contributed by atoms with van der Waals surface area (Å²) in [4.78, 5) is 0. The number of methoxy groups -OCH3 is 2. The topological polar surface area (TPSA) is 50.7 Å². The maximum atomic E-state index is 10.2. The van der Waals surface area contributed by atoms with Gasteiger partial charge in [-0.25, -0.2) is 0 Å². The highest BCUT2D eigenvalue weighted by atomic mass is 16.5. The van der Waals surface area contributed by atoms with Crippen molar-refractivity contribution < 1.29 is 14.6 Å². The number of ether oxygens (including phenoxy) is 2. The molecule has 1 aliphatic rings. The second kappa shape index (κ2) is 7.14. The molecule has 2 rings (SSSR count). The van der Waals surface area contributed by atoms with Gasteiger partial charge in [0.05, 0.1) is 20.3 Å². The van der Waals surface area contributed by atoms with Crippen molar-refractivity contribution in [3.05, 3.63) is 23.8 Å². The zero-order chi connectivity index (χ0) is 15.3. The van der Waals surface area contributed by atoms with E-state index in [0.29, 0.717) is 6.54 Å². The number of benzene rings is 1. The summed E-state index contributed by atoms with van der Waals surface area (Å²) in [5.74, 6) is 1.69. The van der Waals surface area contributed by atoms with Crippen LogP contribution in [0.5, 0.6) is 11.5 Å². The molecule has 4 heteroatoms. The van der Waals surface area contributed by atoms with Gasteiger partial charge in [-0.15, -0.1) is 0 Å². The summed E-state index contributed by atoms with van der Waals surface area (Å²) in [6, 6.07) is 5.81. The first-order chi connectivity index (χ1) is 10.1. The fourth-order valence-corrected chi connectivity index (χ4v) is 3.09. The van der Waals surface area contributed by atoms with Crippen molar-refractivity contribution in [3.63, 3.8) is 0 Å². The molecule has 0 aliphatic heterocycles. The lowest BCUT2D eigenvalue weighted by molar-refractivity contribution is 0.00113. The molecule has 2 N–H and O–H groups in total. The van der Waals surface area contributed by atoms with E-state index in [0.717, 1.165) is 42.9 Å². The van der Waals surface area contributed by atoms with Crippen LogP contribution in [0.4, 0.5) is 0 Å². The molecule has 0 aromatic heterocycles. The Morgan fingerprint density at radius 1 is 1.29 bits per heavy atom. The monoisotopic (exact) mass is 293 g/mol. The summed E-state index contributed by atoms with van der Waals surface area (Å²) in [6.45, 7) is 3.70. The Balaban J connectivity index is 1.96. The van der Waals surface area contributed by atoms with Crippen molar-refractivity contribution >= 4 is 0 Å². The van der Waals surface area contributed by atoms with Crippen molar-refractivity contribution in [2.45, 2.75) is 45.3 Å². The van der Waals surface area contributed by atoms with Crippen LogP contribution in [0.15, 0.2) is 18.2 Å². The van der Waals surface area contributed by atoms with Crippen LogP contribution in [-0.4, -0.2) is 32.0 Å². The van der Waals surface area contributed by atoms with Crippen LogP contribution >= 0.6 is 0 Å². The fraction of sp³-hybridized carbons (Fsp3) is 0.647. The molecule has 0 spiro atoms. The lowest BCUT2D eigenvalue weighted by Gasteiger charge is -2.38. The molecule has 118 valence electrons. The third-order valence-electron chi connectivity index (χ3n) is 4.61. The number of hydrogen-bond acceptors (Lipinski definition) is 4. The van der Waals surface area contributed by atoms with E-state index in [1.54, 1.807) is 14.2 Å². The highest BCUT2D eigenvalue weighted by Gasteiger charge is 2.34. The number of hydrogen-bond donors (Lipinski definition) is 2. The molecule has 0 radical (unpaired) electrons. The molecular weight excluding hydrogens is 266 g/mol. The van der Waals surface area contributed by atoms with E-state index in [1.807, 2.05) is 18.2 Å². The van der Waals surface area contributed by atoms with Gasteiger partial charge in [-0.1, -0.05) is 19.8 Å². The Morgan fingerprint density at radius 2 is 2.10 bits per heavy atom. The molecular formula is C17H27NO3. The predicted molar refractivity (Wildman–Crippen MR) is 83.8 cm³/mol. The fourth-order valence-electron chi connectivity index (χ4n) is 3.09. The standard InChI is InChI=1S/C17H27NO3/c1-17(9-5-4-6-16(17)19)12-18-11-13-10-14(20-2)7-8-15(13)21-3/h7-8,10,16,18-19H,4-6,9,11-12H2,1-3H3. The summed E-state index contributed by atoms with van der Waals surface area (Å²) in [5.41, 5.74) is 1.05. The maximum Gasteiger partial charge on any atom is 0.123 e. The predicted octanol–water partition coefficient (Wildman–Crippen LogP) is 2.73. The van der Waals surface area contributed by atoms with E-state index < -0.39 is 0 Å². The Kier molecular flexibility index (Phi) is 5.48. The minimum Gasteiger partial charge on any atom is -0.497 e. The number of rotatable bonds is 6. The molecule has 0 saturated heterocycles. The molecule has 0 heterocycles. The number of aliphatic hydroxyl groups is 1. The average Bonchev–Trinajstić information content (AvgIpc) is 2.50. The van der Waals surface area contributed by atoms with Crippen molar-refractivity contribution in [3.8, 4) is 11.5 Å². The minimum atomic E-state index is -0.203. The highest BCUT2D eigenvalue weighted by molar-refractivity contribution is 5.40. The van der Waals surface area contributed by atoms with Crippen LogP contribution in [0.2, 0.25) is 0 Å². The van der Waals surface area contributed by atoms with Crippen molar-refractivity contribution in [2.24, 2.45) is 5.41 Å². The Labute approximate surface area is 127 Å². The highest BCUT2D eigenvalue weighted by Crippen LogP contribution is 2.35. The number of nitrogens with one attached hydrogen (secondary N) is 1. The van der Waals surface area contributed by atoms with E-state index in [-0.39, 0.29) is 11.5 Å². The van der Waals surface area contributed by atoms with Crippen molar-refractivity contribution in [1.29, 1.82) is 0 Å². The average molecular weight is 293 g/mol.